The van der Waals surface area contributed by atoms with Crippen LogP contribution in [0, 0.1) is 12.7 Å². The first-order valence-corrected chi connectivity index (χ1v) is 9.24. The van der Waals surface area contributed by atoms with E-state index in [1.54, 1.807) is 29.2 Å². The molecule has 0 bridgehead atoms. The van der Waals surface area contributed by atoms with Crippen LogP contribution in [-0.2, 0) is 4.79 Å². The van der Waals surface area contributed by atoms with Crippen molar-refractivity contribution < 1.29 is 9.18 Å². The molecule has 7 nitrogen and oxygen atoms in total. The molecule has 0 aliphatic rings. The van der Waals surface area contributed by atoms with Gasteiger partial charge in [-0.2, -0.15) is 5.10 Å². The Hall–Kier alpha value is -3.26. The van der Waals surface area contributed by atoms with E-state index in [9.17, 15) is 4.39 Å². The van der Waals surface area contributed by atoms with Gasteiger partial charge in [0.15, 0.2) is 5.65 Å². The lowest BCUT2D eigenvalue weighted by Gasteiger charge is -2.13. The van der Waals surface area contributed by atoms with Crippen LogP contribution in [0.4, 0.5) is 4.39 Å². The number of aryl methyl sites for hydroxylation is 1. The van der Waals surface area contributed by atoms with Crippen LogP contribution in [0.25, 0.3) is 28.3 Å². The Balaban J connectivity index is 0.000000755. The second-order valence-electron chi connectivity index (χ2n) is 6.60. The molecule has 0 saturated heterocycles. The number of aromatic nitrogens is 5. The quantitative estimate of drug-likeness (QED) is 0.512. The highest BCUT2D eigenvalue weighted by atomic mass is 35.5. The predicted octanol–water partition coefficient (Wildman–Crippen LogP) is 4.04. The van der Waals surface area contributed by atoms with Crippen molar-refractivity contribution in [3.05, 3.63) is 59.4 Å². The first kappa shape index (κ1) is 20.5. The predicted molar refractivity (Wildman–Crippen MR) is 110 cm³/mol. The van der Waals surface area contributed by atoms with Crippen molar-refractivity contribution in [3.8, 4) is 22.6 Å². The molecular formula is C20H20ClFN6O. The summed E-state index contributed by atoms with van der Waals surface area (Å²) in [5.41, 5.74) is 8.98. The van der Waals surface area contributed by atoms with E-state index >= 15 is 0 Å². The molecule has 1 aromatic carbocycles. The number of amides is 1. The highest BCUT2D eigenvalue weighted by molar-refractivity contribution is 6.31. The van der Waals surface area contributed by atoms with Gasteiger partial charge in [-0.05, 0) is 51.1 Å². The van der Waals surface area contributed by atoms with Gasteiger partial charge in [-0.3, -0.25) is 4.79 Å². The minimum atomic E-state index is -0.450. The van der Waals surface area contributed by atoms with Crippen LogP contribution < -0.4 is 5.73 Å². The van der Waals surface area contributed by atoms with Gasteiger partial charge in [0.25, 0.3) is 0 Å². The molecule has 3 heterocycles. The van der Waals surface area contributed by atoms with Crippen LogP contribution in [0.15, 0.2) is 42.9 Å². The summed E-state index contributed by atoms with van der Waals surface area (Å²) in [6.07, 6.45) is 3.81. The van der Waals surface area contributed by atoms with E-state index in [0.29, 0.717) is 5.69 Å². The van der Waals surface area contributed by atoms with Crippen LogP contribution in [0.1, 0.15) is 25.6 Å². The van der Waals surface area contributed by atoms with Gasteiger partial charge in [-0.15, -0.1) is 0 Å². The van der Waals surface area contributed by atoms with Gasteiger partial charge in [0.2, 0.25) is 6.41 Å². The average molecular weight is 415 g/mol. The van der Waals surface area contributed by atoms with Gasteiger partial charge in [-0.1, -0.05) is 11.6 Å². The molecule has 29 heavy (non-hydrogen) atoms. The fourth-order valence-electron chi connectivity index (χ4n) is 2.98. The fraction of sp³-hybridized carbons (Fsp3) is 0.200. The third-order valence-electron chi connectivity index (χ3n) is 4.32. The average Bonchev–Trinajstić information content (AvgIpc) is 3.29. The van der Waals surface area contributed by atoms with Crippen LogP contribution in [-0.4, -0.2) is 30.6 Å². The molecule has 4 aromatic rings. The van der Waals surface area contributed by atoms with E-state index in [4.69, 9.17) is 21.5 Å². The molecule has 0 atom stereocenters. The smallest absolute Gasteiger partial charge is 0.204 e. The van der Waals surface area contributed by atoms with E-state index in [1.165, 1.54) is 6.07 Å². The summed E-state index contributed by atoms with van der Waals surface area (Å²) in [7, 11) is 0. The Labute approximate surface area is 172 Å². The highest BCUT2D eigenvalue weighted by Gasteiger charge is 2.19. The molecule has 0 aliphatic heterocycles. The summed E-state index contributed by atoms with van der Waals surface area (Å²) < 4.78 is 17.4. The molecule has 0 unspecified atom stereocenters. The normalized spacial score (nSPS) is 10.8. The van der Waals surface area contributed by atoms with Crippen LogP contribution >= 0.6 is 11.6 Å². The maximum Gasteiger partial charge on any atom is 0.204 e. The van der Waals surface area contributed by atoms with Crippen molar-refractivity contribution in [2.75, 3.05) is 0 Å². The largest absolute Gasteiger partial charge is 0.372 e. The maximum absolute atomic E-state index is 13.6. The molecule has 2 N–H and O–H groups in total. The summed E-state index contributed by atoms with van der Waals surface area (Å²) >= 11 is 5.98. The number of halogens is 2. The standard InChI is InChI=1S/C19H17ClFN5.CH3NO/c1-11(2)25-10-23-18(13-4-5-15(21)14(20)8-13)19(25)16-6-7-17-22-9-12(3)26(17)24-16;2-1-3/h4-11H,1-3H3;1H,(H2,2,3). The lowest BCUT2D eigenvalue weighted by atomic mass is 10.1. The lowest BCUT2D eigenvalue weighted by Crippen LogP contribution is -2.05. The monoisotopic (exact) mass is 414 g/mol. The van der Waals surface area contributed by atoms with Crippen LogP contribution in [0.5, 0.6) is 0 Å². The van der Waals surface area contributed by atoms with E-state index < -0.39 is 5.82 Å². The molecule has 3 aromatic heterocycles. The molecule has 150 valence electrons. The maximum atomic E-state index is 13.6. The number of nitrogens with two attached hydrogens (primary N) is 1. The number of benzene rings is 1. The number of fused-ring (bicyclic) bond motifs is 1. The number of nitrogens with zero attached hydrogens (tertiary/aromatic N) is 5. The minimum absolute atomic E-state index is 0.0708. The number of hydrogen-bond donors (Lipinski definition) is 1. The van der Waals surface area contributed by atoms with Gasteiger partial charge in [0.1, 0.15) is 11.5 Å². The zero-order chi connectivity index (χ0) is 21.1. The van der Waals surface area contributed by atoms with E-state index in [1.807, 2.05) is 23.6 Å². The Bertz CT molecular complexity index is 1170. The highest BCUT2D eigenvalue weighted by Crippen LogP contribution is 2.33. The molecule has 0 spiro atoms. The Kier molecular flexibility index (Phi) is 5.93. The van der Waals surface area contributed by atoms with E-state index in [2.05, 4.69) is 29.5 Å². The van der Waals surface area contributed by atoms with Gasteiger partial charge >= 0.3 is 0 Å². The first-order valence-electron chi connectivity index (χ1n) is 8.86. The lowest BCUT2D eigenvalue weighted by molar-refractivity contribution is -0.106. The van der Waals surface area contributed by atoms with Gasteiger partial charge < -0.3 is 10.3 Å². The van der Waals surface area contributed by atoms with Crippen molar-refractivity contribution in [1.82, 2.24) is 24.1 Å². The van der Waals surface area contributed by atoms with Crippen molar-refractivity contribution in [2.24, 2.45) is 5.73 Å². The third kappa shape index (κ3) is 3.97. The molecule has 1 amide bonds. The summed E-state index contributed by atoms with van der Waals surface area (Å²) in [5.74, 6) is -0.450. The summed E-state index contributed by atoms with van der Waals surface area (Å²) in [6, 6.07) is 8.66. The van der Waals surface area contributed by atoms with Crippen LogP contribution in [0.3, 0.4) is 0 Å². The molecule has 0 aliphatic carbocycles. The second kappa shape index (κ2) is 8.40. The van der Waals surface area contributed by atoms with Gasteiger partial charge in [0, 0.05) is 11.6 Å². The zero-order valence-corrected chi connectivity index (χ0v) is 16.9. The second-order valence-corrected chi connectivity index (χ2v) is 7.00. The molecule has 0 radical (unpaired) electrons. The summed E-state index contributed by atoms with van der Waals surface area (Å²) in [4.78, 5) is 17.5. The zero-order valence-electron chi connectivity index (χ0n) is 16.2. The van der Waals surface area contributed by atoms with Crippen molar-refractivity contribution in [2.45, 2.75) is 26.8 Å². The summed E-state index contributed by atoms with van der Waals surface area (Å²) in [6.45, 7) is 6.11. The number of carbonyl (C=O) groups excluding carboxylic acids is 1. The van der Waals surface area contributed by atoms with E-state index in [-0.39, 0.29) is 17.5 Å². The first-order chi connectivity index (χ1) is 13.9. The molecular weight excluding hydrogens is 395 g/mol. The number of primary amides is 1. The van der Waals surface area contributed by atoms with Crippen molar-refractivity contribution in [3.63, 3.8) is 0 Å². The number of carbonyl (C=O) groups is 1. The molecule has 0 saturated carbocycles. The van der Waals surface area contributed by atoms with Gasteiger partial charge in [-0.25, -0.2) is 18.9 Å². The Morgan fingerprint density at radius 2 is 1.93 bits per heavy atom. The molecule has 4 rings (SSSR count). The van der Waals surface area contributed by atoms with Gasteiger partial charge in [0.05, 0.1) is 34.6 Å². The Morgan fingerprint density at radius 1 is 1.21 bits per heavy atom. The molecule has 0 fully saturated rings. The van der Waals surface area contributed by atoms with Crippen molar-refractivity contribution in [1.29, 1.82) is 0 Å². The number of rotatable bonds is 3. The molecule has 9 heteroatoms. The van der Waals surface area contributed by atoms with Crippen LogP contribution in [0.2, 0.25) is 5.02 Å². The van der Waals surface area contributed by atoms with Crippen molar-refractivity contribution >= 4 is 23.7 Å². The number of hydrogen-bond acceptors (Lipinski definition) is 4. The minimum Gasteiger partial charge on any atom is -0.372 e. The topological polar surface area (TPSA) is 91.1 Å². The number of imidazole rings is 2. The third-order valence-corrected chi connectivity index (χ3v) is 4.61. The summed E-state index contributed by atoms with van der Waals surface area (Å²) in [5, 5.41) is 4.80. The Morgan fingerprint density at radius 3 is 2.59 bits per heavy atom. The fourth-order valence-corrected chi connectivity index (χ4v) is 3.16. The SMILES string of the molecule is Cc1cnc2ccc(-c3c(-c4ccc(F)c(Cl)c4)ncn3C(C)C)nn12.NC=O. The van der Waals surface area contributed by atoms with E-state index in [0.717, 1.165) is 28.3 Å².